The van der Waals surface area contributed by atoms with Crippen LogP contribution < -0.4 is 9.46 Å². The van der Waals surface area contributed by atoms with E-state index in [1.54, 1.807) is 26.0 Å². The van der Waals surface area contributed by atoms with Gasteiger partial charge in [-0.15, -0.1) is 0 Å². The Morgan fingerprint density at radius 3 is 1.92 bits per heavy atom. The van der Waals surface area contributed by atoms with Crippen molar-refractivity contribution in [1.82, 2.24) is 0 Å². The number of benzene rings is 2. The number of hydrogen-bond donors (Lipinski definition) is 1. The number of hydrogen-bond acceptors (Lipinski definition) is 3. The number of rotatable bonds is 4. The van der Waals surface area contributed by atoms with E-state index in [9.17, 15) is 21.6 Å². The molecule has 0 spiro atoms. The number of ether oxygens (including phenoxy) is 1. The van der Waals surface area contributed by atoms with Gasteiger partial charge < -0.3 is 4.74 Å². The molecule has 2 aromatic carbocycles. The maximum atomic E-state index is 12.4. The van der Waals surface area contributed by atoms with Gasteiger partial charge >= 0.3 is 15.5 Å². The third-order valence-electron chi connectivity index (χ3n) is 3.26. The summed E-state index contributed by atoms with van der Waals surface area (Å²) in [6.45, 7) is 5.19. The molecule has 2 rings (SSSR count). The minimum atomic E-state index is -5.45. The standard InChI is InChI=1S/C16H16F3NO3S/c1-10-4-6-14(7-5-10)23-15-11(2)8-13(9-12(15)3)20-24(21,22)16(17,18)19/h4-9,20H,1-3H3. The van der Waals surface area contributed by atoms with Crippen molar-refractivity contribution in [3.8, 4) is 11.5 Å². The molecular formula is C16H16F3NO3S. The highest BCUT2D eigenvalue weighted by Gasteiger charge is 2.46. The molecule has 0 aromatic heterocycles. The molecule has 0 bridgehead atoms. The Bertz CT molecular complexity index is 821. The van der Waals surface area contributed by atoms with Crippen LogP contribution in [0.4, 0.5) is 18.9 Å². The third kappa shape index (κ3) is 4.00. The van der Waals surface area contributed by atoms with Crippen LogP contribution in [0, 0.1) is 20.8 Å². The highest BCUT2D eigenvalue weighted by molar-refractivity contribution is 7.93. The fraction of sp³-hybridized carbons (Fsp3) is 0.250. The molecule has 0 unspecified atom stereocenters. The zero-order chi connectivity index (χ0) is 18.1. The van der Waals surface area contributed by atoms with Crippen molar-refractivity contribution < 1.29 is 26.3 Å². The summed E-state index contributed by atoms with van der Waals surface area (Å²) in [6, 6.07) is 9.86. The van der Waals surface area contributed by atoms with Crippen LogP contribution in [0.25, 0.3) is 0 Å². The van der Waals surface area contributed by atoms with E-state index >= 15 is 0 Å². The van der Waals surface area contributed by atoms with E-state index in [-0.39, 0.29) is 5.69 Å². The van der Waals surface area contributed by atoms with Gasteiger partial charge in [0.05, 0.1) is 0 Å². The fourth-order valence-electron chi connectivity index (χ4n) is 2.11. The van der Waals surface area contributed by atoms with Crippen molar-refractivity contribution >= 4 is 15.7 Å². The molecular weight excluding hydrogens is 343 g/mol. The van der Waals surface area contributed by atoms with Crippen molar-refractivity contribution in [3.05, 3.63) is 53.1 Å². The molecule has 0 saturated heterocycles. The van der Waals surface area contributed by atoms with E-state index in [1.165, 1.54) is 16.9 Å². The molecule has 0 aliphatic rings. The van der Waals surface area contributed by atoms with Gasteiger partial charge in [0.25, 0.3) is 0 Å². The lowest BCUT2D eigenvalue weighted by Crippen LogP contribution is -2.29. The molecule has 0 radical (unpaired) electrons. The molecule has 1 N–H and O–H groups in total. The van der Waals surface area contributed by atoms with Crippen LogP contribution in [0.5, 0.6) is 11.5 Å². The van der Waals surface area contributed by atoms with Crippen LogP contribution in [0.3, 0.4) is 0 Å². The SMILES string of the molecule is Cc1ccc(Oc2c(C)cc(NS(=O)(=O)C(F)(F)F)cc2C)cc1. The summed E-state index contributed by atoms with van der Waals surface area (Å²) in [4.78, 5) is 0. The lowest BCUT2D eigenvalue weighted by Gasteiger charge is -2.16. The van der Waals surface area contributed by atoms with Gasteiger partial charge in [-0.05, 0) is 56.2 Å². The summed E-state index contributed by atoms with van der Waals surface area (Å²) in [6.07, 6.45) is 0. The normalized spacial score (nSPS) is 12.1. The summed E-state index contributed by atoms with van der Waals surface area (Å²) in [7, 11) is -5.45. The van der Waals surface area contributed by atoms with Gasteiger partial charge in [0, 0.05) is 5.69 Å². The van der Waals surface area contributed by atoms with Gasteiger partial charge in [0.15, 0.2) is 0 Å². The van der Waals surface area contributed by atoms with Crippen LogP contribution in [0.2, 0.25) is 0 Å². The average molecular weight is 359 g/mol. The molecule has 0 aliphatic heterocycles. The molecule has 0 atom stereocenters. The van der Waals surface area contributed by atoms with E-state index in [4.69, 9.17) is 4.74 Å². The number of alkyl halides is 3. The van der Waals surface area contributed by atoms with Gasteiger partial charge in [0.2, 0.25) is 0 Å². The van der Waals surface area contributed by atoms with E-state index in [0.717, 1.165) is 5.56 Å². The molecule has 0 saturated carbocycles. The summed E-state index contributed by atoms with van der Waals surface area (Å²) in [5.74, 6) is 1.05. The summed E-state index contributed by atoms with van der Waals surface area (Å²) in [5.41, 5.74) is -3.46. The van der Waals surface area contributed by atoms with Crippen LogP contribution in [-0.2, 0) is 10.0 Å². The minimum Gasteiger partial charge on any atom is -0.457 e. The first-order chi connectivity index (χ1) is 11.0. The van der Waals surface area contributed by atoms with E-state index in [1.807, 2.05) is 19.1 Å². The van der Waals surface area contributed by atoms with Gasteiger partial charge in [-0.3, -0.25) is 4.72 Å². The first-order valence-electron chi connectivity index (χ1n) is 6.94. The largest absolute Gasteiger partial charge is 0.516 e. The monoisotopic (exact) mass is 359 g/mol. The number of halogens is 3. The average Bonchev–Trinajstić information content (AvgIpc) is 2.43. The van der Waals surface area contributed by atoms with E-state index in [0.29, 0.717) is 22.6 Å². The molecule has 4 nitrogen and oxygen atoms in total. The summed E-state index contributed by atoms with van der Waals surface area (Å²) < 4.78 is 67.0. The second-order valence-electron chi connectivity index (χ2n) is 5.41. The second-order valence-corrected chi connectivity index (χ2v) is 7.08. The van der Waals surface area contributed by atoms with Crippen LogP contribution in [-0.4, -0.2) is 13.9 Å². The maximum absolute atomic E-state index is 12.4. The van der Waals surface area contributed by atoms with Crippen LogP contribution in [0.15, 0.2) is 36.4 Å². The first kappa shape index (κ1) is 18.1. The summed E-state index contributed by atoms with van der Waals surface area (Å²) >= 11 is 0. The van der Waals surface area contributed by atoms with Gasteiger partial charge in [-0.25, -0.2) is 0 Å². The number of anilines is 1. The molecule has 0 fully saturated rings. The quantitative estimate of drug-likeness (QED) is 0.863. The van der Waals surface area contributed by atoms with Crippen molar-refractivity contribution in [2.45, 2.75) is 26.3 Å². The second kappa shape index (κ2) is 6.35. The predicted octanol–water partition coefficient (Wildman–Crippen LogP) is 4.67. The van der Waals surface area contributed by atoms with Crippen molar-refractivity contribution in [2.75, 3.05) is 4.72 Å². The zero-order valence-electron chi connectivity index (χ0n) is 13.2. The lowest BCUT2D eigenvalue weighted by atomic mass is 10.1. The van der Waals surface area contributed by atoms with Crippen molar-refractivity contribution in [1.29, 1.82) is 0 Å². The molecule has 8 heteroatoms. The minimum absolute atomic E-state index is 0.168. The van der Waals surface area contributed by atoms with Gasteiger partial charge in [-0.2, -0.15) is 21.6 Å². The number of aryl methyl sites for hydroxylation is 3. The number of sulfonamides is 1. The van der Waals surface area contributed by atoms with Crippen LogP contribution in [0.1, 0.15) is 16.7 Å². The Morgan fingerprint density at radius 1 is 0.958 bits per heavy atom. The highest BCUT2D eigenvalue weighted by Crippen LogP contribution is 2.33. The summed E-state index contributed by atoms with van der Waals surface area (Å²) in [5, 5.41) is 0. The Balaban J connectivity index is 2.30. The predicted molar refractivity (Wildman–Crippen MR) is 85.8 cm³/mol. The molecule has 24 heavy (non-hydrogen) atoms. The fourth-order valence-corrected chi connectivity index (χ4v) is 2.65. The molecule has 0 heterocycles. The van der Waals surface area contributed by atoms with Gasteiger partial charge in [0.1, 0.15) is 11.5 Å². The zero-order valence-corrected chi connectivity index (χ0v) is 14.0. The lowest BCUT2D eigenvalue weighted by molar-refractivity contribution is -0.0429. The molecule has 130 valence electrons. The topological polar surface area (TPSA) is 55.4 Å². The van der Waals surface area contributed by atoms with E-state index < -0.39 is 15.5 Å². The van der Waals surface area contributed by atoms with Gasteiger partial charge in [-0.1, -0.05) is 17.7 Å². The third-order valence-corrected chi connectivity index (χ3v) is 4.37. The van der Waals surface area contributed by atoms with Crippen LogP contribution >= 0.6 is 0 Å². The van der Waals surface area contributed by atoms with Crippen molar-refractivity contribution in [2.24, 2.45) is 0 Å². The Hall–Kier alpha value is -2.22. The first-order valence-corrected chi connectivity index (χ1v) is 8.43. The Morgan fingerprint density at radius 2 is 1.46 bits per heavy atom. The van der Waals surface area contributed by atoms with Crippen molar-refractivity contribution in [3.63, 3.8) is 0 Å². The Kier molecular flexibility index (Phi) is 4.80. The van der Waals surface area contributed by atoms with E-state index in [2.05, 4.69) is 0 Å². The Labute approximate surface area is 138 Å². The maximum Gasteiger partial charge on any atom is 0.516 e. The molecule has 2 aromatic rings. The molecule has 0 amide bonds. The number of nitrogens with one attached hydrogen (secondary N) is 1. The molecule has 0 aliphatic carbocycles. The highest BCUT2D eigenvalue weighted by atomic mass is 32.2. The smallest absolute Gasteiger partial charge is 0.457 e.